The van der Waals surface area contributed by atoms with E-state index >= 15 is 0 Å². The quantitative estimate of drug-likeness (QED) is 0.804. The lowest BCUT2D eigenvalue weighted by Crippen LogP contribution is -2.17. The largest absolute Gasteiger partial charge is 0.358 e. The summed E-state index contributed by atoms with van der Waals surface area (Å²) in [4.78, 5) is 4.25. The predicted molar refractivity (Wildman–Crippen MR) is 66.2 cm³/mol. The number of halogens is 2. The van der Waals surface area contributed by atoms with Crippen molar-refractivity contribution in [2.75, 3.05) is 6.61 Å². The SMILES string of the molecule is Fc1ccc2c(ncn2C2CCCCO2)c1Br. The maximum atomic E-state index is 13.4. The van der Waals surface area contributed by atoms with E-state index in [1.807, 2.05) is 4.57 Å². The zero-order chi connectivity index (χ0) is 11.8. The second-order valence-electron chi connectivity index (χ2n) is 4.20. The average Bonchev–Trinajstić information content (AvgIpc) is 2.79. The lowest BCUT2D eigenvalue weighted by molar-refractivity contribution is -0.0295. The number of hydrogen-bond acceptors (Lipinski definition) is 2. The van der Waals surface area contributed by atoms with Crippen molar-refractivity contribution in [3.63, 3.8) is 0 Å². The van der Waals surface area contributed by atoms with Crippen molar-refractivity contribution in [2.45, 2.75) is 25.5 Å². The summed E-state index contributed by atoms with van der Waals surface area (Å²) in [5.74, 6) is -0.285. The molecular weight excluding hydrogens is 287 g/mol. The first-order valence-electron chi connectivity index (χ1n) is 5.69. The third-order valence-corrected chi connectivity index (χ3v) is 3.86. The van der Waals surface area contributed by atoms with E-state index in [2.05, 4.69) is 20.9 Å². The van der Waals surface area contributed by atoms with Crippen LogP contribution in [0.4, 0.5) is 4.39 Å². The highest BCUT2D eigenvalue weighted by molar-refractivity contribution is 9.10. The van der Waals surface area contributed by atoms with Gasteiger partial charge in [0, 0.05) is 6.61 Å². The van der Waals surface area contributed by atoms with Gasteiger partial charge in [-0.1, -0.05) is 0 Å². The van der Waals surface area contributed by atoms with Crippen molar-refractivity contribution in [3.05, 3.63) is 28.7 Å². The molecule has 1 aromatic heterocycles. The molecule has 1 aliphatic heterocycles. The van der Waals surface area contributed by atoms with Crippen molar-refractivity contribution in [1.82, 2.24) is 9.55 Å². The Bertz CT molecular complexity index is 549. The molecule has 3 rings (SSSR count). The van der Waals surface area contributed by atoms with Gasteiger partial charge in [0.1, 0.15) is 17.6 Å². The topological polar surface area (TPSA) is 27.1 Å². The van der Waals surface area contributed by atoms with E-state index in [0.29, 0.717) is 9.99 Å². The van der Waals surface area contributed by atoms with Crippen molar-refractivity contribution in [2.24, 2.45) is 0 Å². The van der Waals surface area contributed by atoms with Gasteiger partial charge in [0.25, 0.3) is 0 Å². The van der Waals surface area contributed by atoms with Gasteiger partial charge in [-0.2, -0.15) is 0 Å². The van der Waals surface area contributed by atoms with Crippen molar-refractivity contribution < 1.29 is 9.13 Å². The fourth-order valence-electron chi connectivity index (χ4n) is 2.22. The number of fused-ring (bicyclic) bond motifs is 1. The molecular formula is C12H12BrFN2O. The summed E-state index contributed by atoms with van der Waals surface area (Å²) >= 11 is 3.23. The van der Waals surface area contributed by atoms with Crippen LogP contribution in [0.3, 0.4) is 0 Å². The van der Waals surface area contributed by atoms with Gasteiger partial charge in [-0.15, -0.1) is 0 Å². The molecule has 17 heavy (non-hydrogen) atoms. The Kier molecular flexibility index (Phi) is 2.88. The molecule has 2 heterocycles. The maximum absolute atomic E-state index is 13.4. The molecule has 0 amide bonds. The molecule has 0 radical (unpaired) electrons. The molecule has 5 heteroatoms. The van der Waals surface area contributed by atoms with Gasteiger partial charge in [-0.3, -0.25) is 0 Å². The lowest BCUT2D eigenvalue weighted by Gasteiger charge is -2.24. The molecule has 0 N–H and O–H groups in total. The van der Waals surface area contributed by atoms with Crippen LogP contribution in [0, 0.1) is 5.82 Å². The number of ether oxygens (including phenoxy) is 1. The summed E-state index contributed by atoms with van der Waals surface area (Å²) in [6.07, 6.45) is 5.02. The Balaban J connectivity index is 2.08. The Hall–Kier alpha value is -0.940. The third-order valence-electron chi connectivity index (χ3n) is 3.10. The second kappa shape index (κ2) is 4.38. The van der Waals surface area contributed by atoms with Crippen molar-refractivity contribution in [3.8, 4) is 0 Å². The molecule has 1 aromatic carbocycles. The fraction of sp³-hybridized carbons (Fsp3) is 0.417. The molecule has 3 nitrogen and oxygen atoms in total. The summed E-state index contributed by atoms with van der Waals surface area (Å²) < 4.78 is 21.5. The summed E-state index contributed by atoms with van der Waals surface area (Å²) in [6, 6.07) is 3.20. The normalized spacial score (nSPS) is 20.9. The number of benzene rings is 1. The summed E-state index contributed by atoms with van der Waals surface area (Å²) in [5.41, 5.74) is 1.56. The van der Waals surface area contributed by atoms with Crippen LogP contribution in [0.1, 0.15) is 25.5 Å². The summed E-state index contributed by atoms with van der Waals surface area (Å²) in [5, 5.41) is 0. The predicted octanol–water partition coefficient (Wildman–Crippen LogP) is 3.64. The van der Waals surface area contributed by atoms with E-state index in [9.17, 15) is 4.39 Å². The molecule has 0 bridgehead atoms. The number of aromatic nitrogens is 2. The van der Waals surface area contributed by atoms with Crippen LogP contribution in [0.5, 0.6) is 0 Å². The zero-order valence-electron chi connectivity index (χ0n) is 9.20. The summed E-state index contributed by atoms with van der Waals surface area (Å²) in [6.45, 7) is 0.784. The molecule has 1 atom stereocenters. The molecule has 1 saturated heterocycles. The third kappa shape index (κ3) is 1.87. The first-order chi connectivity index (χ1) is 8.27. The highest BCUT2D eigenvalue weighted by Crippen LogP contribution is 2.30. The number of rotatable bonds is 1. The first kappa shape index (κ1) is 11.2. The molecule has 1 fully saturated rings. The number of nitrogens with zero attached hydrogens (tertiary/aromatic N) is 2. The van der Waals surface area contributed by atoms with Gasteiger partial charge in [-0.25, -0.2) is 9.37 Å². The van der Waals surface area contributed by atoms with Gasteiger partial charge in [0.2, 0.25) is 0 Å². The van der Waals surface area contributed by atoms with Gasteiger partial charge in [0.15, 0.2) is 0 Å². The molecule has 2 aromatic rings. The van der Waals surface area contributed by atoms with Crippen molar-refractivity contribution >= 4 is 27.0 Å². The van der Waals surface area contributed by atoms with E-state index in [1.165, 1.54) is 6.07 Å². The average molecular weight is 299 g/mol. The van der Waals surface area contributed by atoms with Crippen LogP contribution >= 0.6 is 15.9 Å². The van der Waals surface area contributed by atoms with E-state index in [0.717, 1.165) is 31.4 Å². The van der Waals surface area contributed by atoms with Gasteiger partial charge < -0.3 is 9.30 Å². The van der Waals surface area contributed by atoms with Crippen LogP contribution in [0.15, 0.2) is 22.9 Å². The van der Waals surface area contributed by atoms with Gasteiger partial charge >= 0.3 is 0 Å². The number of hydrogen-bond donors (Lipinski definition) is 0. The lowest BCUT2D eigenvalue weighted by atomic mass is 10.2. The minimum atomic E-state index is -0.285. The Morgan fingerprint density at radius 3 is 3.06 bits per heavy atom. The molecule has 0 spiro atoms. The molecule has 1 aliphatic rings. The molecule has 90 valence electrons. The van der Waals surface area contributed by atoms with E-state index in [4.69, 9.17) is 4.74 Å². The molecule has 0 aliphatic carbocycles. The van der Waals surface area contributed by atoms with Crippen LogP contribution in [0.25, 0.3) is 11.0 Å². The Labute approximate surface area is 107 Å². The van der Waals surface area contributed by atoms with E-state index in [-0.39, 0.29) is 12.0 Å². The first-order valence-corrected chi connectivity index (χ1v) is 6.49. The van der Waals surface area contributed by atoms with Crippen LogP contribution < -0.4 is 0 Å². The maximum Gasteiger partial charge on any atom is 0.139 e. The monoisotopic (exact) mass is 298 g/mol. The number of imidazole rings is 1. The highest BCUT2D eigenvalue weighted by Gasteiger charge is 2.19. The smallest absolute Gasteiger partial charge is 0.139 e. The Morgan fingerprint density at radius 2 is 2.29 bits per heavy atom. The highest BCUT2D eigenvalue weighted by atomic mass is 79.9. The van der Waals surface area contributed by atoms with Gasteiger partial charge in [-0.05, 0) is 47.3 Å². The van der Waals surface area contributed by atoms with E-state index < -0.39 is 0 Å². The molecule has 0 saturated carbocycles. The zero-order valence-corrected chi connectivity index (χ0v) is 10.8. The van der Waals surface area contributed by atoms with Gasteiger partial charge in [0.05, 0.1) is 16.3 Å². The standard InChI is InChI=1S/C12H12BrFN2O/c13-11-8(14)4-5-9-12(11)15-7-16(9)10-3-1-2-6-17-10/h4-5,7,10H,1-3,6H2. The van der Waals surface area contributed by atoms with Crippen molar-refractivity contribution in [1.29, 1.82) is 0 Å². The minimum Gasteiger partial charge on any atom is -0.358 e. The van der Waals surface area contributed by atoms with Crippen LogP contribution in [-0.4, -0.2) is 16.2 Å². The second-order valence-corrected chi connectivity index (χ2v) is 5.00. The summed E-state index contributed by atoms with van der Waals surface area (Å²) in [7, 11) is 0. The Morgan fingerprint density at radius 1 is 1.41 bits per heavy atom. The van der Waals surface area contributed by atoms with Crippen LogP contribution in [0.2, 0.25) is 0 Å². The molecule has 1 unspecified atom stereocenters. The fourth-order valence-corrected chi connectivity index (χ4v) is 2.65. The van der Waals surface area contributed by atoms with E-state index in [1.54, 1.807) is 12.4 Å². The minimum absolute atomic E-state index is 0.0334. The van der Waals surface area contributed by atoms with Crippen LogP contribution in [-0.2, 0) is 4.74 Å².